The van der Waals surface area contributed by atoms with Crippen LogP contribution in [-0.2, 0) is 19.6 Å². The first-order chi connectivity index (χ1) is 17.1. The summed E-state index contributed by atoms with van der Waals surface area (Å²) in [5.41, 5.74) is 2.48. The van der Waals surface area contributed by atoms with Crippen molar-refractivity contribution in [3.05, 3.63) is 90.1 Å². The van der Waals surface area contributed by atoms with Gasteiger partial charge >= 0.3 is 5.69 Å². The molecule has 0 saturated carbocycles. The highest BCUT2D eigenvalue weighted by molar-refractivity contribution is 14.1. The molecule has 0 radical (unpaired) electrons. The molecule has 1 saturated heterocycles. The van der Waals surface area contributed by atoms with Gasteiger partial charge in [0.2, 0.25) is 5.95 Å². The molecule has 182 valence electrons. The lowest BCUT2D eigenvalue weighted by Gasteiger charge is -2.28. The average Bonchev–Trinajstić information content (AvgIpc) is 3.26. The van der Waals surface area contributed by atoms with Gasteiger partial charge in [-0.25, -0.2) is 4.79 Å². The Balaban J connectivity index is 1.79. The quantitative estimate of drug-likeness (QED) is 0.339. The first-order valence-corrected chi connectivity index (χ1v) is 13.1. The third-order valence-electron chi connectivity index (χ3n) is 6.41. The largest absolute Gasteiger partial charge is 0.340 e. The third-order valence-corrected chi connectivity index (χ3v) is 7.46. The fourth-order valence-electron chi connectivity index (χ4n) is 4.66. The zero-order valence-corrected chi connectivity index (χ0v) is 21.9. The summed E-state index contributed by atoms with van der Waals surface area (Å²) in [6, 6.07) is 18.0. The standard InChI is InChI=1S/C26H29IN6O2/c1-2-14-31-24(34)22-23(33(26(31)35)17-19-8-4-3-5-9-19)29-25(30-15-12-28-13-16-30)32(22)18-20-10-6-7-11-21(20)27/h3-11,28H,2,12-18H2,1H3. The second-order valence-electron chi connectivity index (χ2n) is 8.81. The minimum atomic E-state index is -0.306. The van der Waals surface area contributed by atoms with E-state index in [1.807, 2.05) is 54.0 Å². The predicted molar refractivity (Wildman–Crippen MR) is 147 cm³/mol. The third kappa shape index (κ3) is 4.66. The van der Waals surface area contributed by atoms with E-state index in [4.69, 9.17) is 4.98 Å². The van der Waals surface area contributed by atoms with Gasteiger partial charge in [-0.15, -0.1) is 0 Å². The second kappa shape index (κ2) is 10.4. The minimum Gasteiger partial charge on any atom is -0.340 e. The molecule has 0 atom stereocenters. The summed E-state index contributed by atoms with van der Waals surface area (Å²) in [6.45, 7) is 6.52. The van der Waals surface area contributed by atoms with Crippen molar-refractivity contribution in [2.24, 2.45) is 0 Å². The van der Waals surface area contributed by atoms with Crippen LogP contribution in [0.25, 0.3) is 11.2 Å². The van der Waals surface area contributed by atoms with Gasteiger partial charge in [0.15, 0.2) is 11.2 Å². The molecule has 1 fully saturated rings. The van der Waals surface area contributed by atoms with Crippen molar-refractivity contribution in [1.82, 2.24) is 24.0 Å². The van der Waals surface area contributed by atoms with Gasteiger partial charge in [-0.1, -0.05) is 55.5 Å². The molecular weight excluding hydrogens is 555 g/mol. The van der Waals surface area contributed by atoms with Gasteiger partial charge in [0, 0.05) is 36.3 Å². The van der Waals surface area contributed by atoms with Crippen LogP contribution in [0.4, 0.5) is 5.95 Å². The number of piperazine rings is 1. The maximum Gasteiger partial charge on any atom is 0.333 e. The molecule has 5 rings (SSSR count). The Kier molecular flexibility index (Phi) is 7.05. The van der Waals surface area contributed by atoms with Crippen LogP contribution in [0.3, 0.4) is 0 Å². The van der Waals surface area contributed by atoms with Crippen molar-refractivity contribution >= 4 is 39.7 Å². The van der Waals surface area contributed by atoms with E-state index in [9.17, 15) is 9.59 Å². The lowest BCUT2D eigenvalue weighted by atomic mass is 10.2. The Morgan fingerprint density at radius 3 is 2.34 bits per heavy atom. The molecule has 0 spiro atoms. The first-order valence-electron chi connectivity index (χ1n) is 12.1. The molecule has 4 aromatic rings. The van der Waals surface area contributed by atoms with Crippen molar-refractivity contribution in [3.8, 4) is 0 Å². The number of imidazole rings is 1. The normalized spacial score (nSPS) is 14.1. The summed E-state index contributed by atoms with van der Waals surface area (Å²) in [7, 11) is 0. The van der Waals surface area contributed by atoms with Crippen molar-refractivity contribution in [1.29, 1.82) is 0 Å². The van der Waals surface area contributed by atoms with Gasteiger partial charge in [-0.05, 0) is 46.2 Å². The zero-order valence-electron chi connectivity index (χ0n) is 19.8. The van der Waals surface area contributed by atoms with Gasteiger partial charge in [-0.2, -0.15) is 4.98 Å². The predicted octanol–water partition coefficient (Wildman–Crippen LogP) is 2.88. The minimum absolute atomic E-state index is 0.268. The molecule has 1 N–H and O–H groups in total. The topological polar surface area (TPSA) is 77.1 Å². The lowest BCUT2D eigenvalue weighted by molar-refractivity contribution is 0.570. The molecular formula is C26H29IN6O2. The van der Waals surface area contributed by atoms with E-state index in [1.54, 1.807) is 4.57 Å². The smallest absolute Gasteiger partial charge is 0.333 e. The van der Waals surface area contributed by atoms with Crippen LogP contribution in [0.5, 0.6) is 0 Å². The fourth-order valence-corrected chi connectivity index (χ4v) is 5.22. The number of aromatic nitrogens is 4. The number of rotatable bonds is 7. The highest BCUT2D eigenvalue weighted by Gasteiger charge is 2.25. The highest BCUT2D eigenvalue weighted by Crippen LogP contribution is 2.24. The van der Waals surface area contributed by atoms with Crippen LogP contribution in [-0.4, -0.2) is 44.9 Å². The monoisotopic (exact) mass is 584 g/mol. The molecule has 0 amide bonds. The van der Waals surface area contributed by atoms with E-state index in [0.29, 0.717) is 37.2 Å². The lowest BCUT2D eigenvalue weighted by Crippen LogP contribution is -2.44. The summed E-state index contributed by atoms with van der Waals surface area (Å²) in [5, 5.41) is 3.39. The van der Waals surface area contributed by atoms with Gasteiger partial charge in [-0.3, -0.25) is 18.5 Å². The Hall–Kier alpha value is -2.92. The summed E-state index contributed by atoms with van der Waals surface area (Å²) in [5.74, 6) is 0.744. The molecule has 0 aliphatic carbocycles. The van der Waals surface area contributed by atoms with Crippen molar-refractivity contribution in [3.63, 3.8) is 0 Å². The van der Waals surface area contributed by atoms with E-state index < -0.39 is 0 Å². The van der Waals surface area contributed by atoms with Gasteiger partial charge in [0.05, 0.1) is 13.1 Å². The Bertz CT molecular complexity index is 1450. The van der Waals surface area contributed by atoms with Gasteiger partial charge in [0.1, 0.15) is 0 Å². The first kappa shape index (κ1) is 23.8. The Labute approximate surface area is 217 Å². The number of anilines is 1. The van der Waals surface area contributed by atoms with Crippen molar-refractivity contribution in [2.45, 2.75) is 33.0 Å². The molecule has 1 aliphatic heterocycles. The zero-order chi connectivity index (χ0) is 24.4. The van der Waals surface area contributed by atoms with Crippen LogP contribution in [0.2, 0.25) is 0 Å². The summed E-state index contributed by atoms with van der Waals surface area (Å²) in [6.07, 6.45) is 0.696. The molecule has 2 aromatic heterocycles. The number of benzene rings is 2. The van der Waals surface area contributed by atoms with E-state index in [0.717, 1.165) is 46.8 Å². The van der Waals surface area contributed by atoms with E-state index in [2.05, 4.69) is 44.9 Å². The molecule has 0 unspecified atom stereocenters. The number of nitrogens with zero attached hydrogens (tertiary/aromatic N) is 5. The van der Waals surface area contributed by atoms with Crippen LogP contribution in [0.1, 0.15) is 24.5 Å². The van der Waals surface area contributed by atoms with Gasteiger partial charge < -0.3 is 10.2 Å². The molecule has 2 aromatic carbocycles. The molecule has 1 aliphatic rings. The molecule has 8 nitrogen and oxygen atoms in total. The van der Waals surface area contributed by atoms with Crippen molar-refractivity contribution < 1.29 is 0 Å². The number of nitrogens with one attached hydrogen (secondary N) is 1. The number of hydrogen-bond donors (Lipinski definition) is 1. The number of fused-ring (bicyclic) bond motifs is 1. The Morgan fingerprint density at radius 1 is 0.914 bits per heavy atom. The summed E-state index contributed by atoms with van der Waals surface area (Å²) in [4.78, 5) is 34.6. The molecule has 0 bridgehead atoms. The maximum absolute atomic E-state index is 13.8. The molecule has 35 heavy (non-hydrogen) atoms. The summed E-state index contributed by atoms with van der Waals surface area (Å²) >= 11 is 2.34. The van der Waals surface area contributed by atoms with Gasteiger partial charge in [0.25, 0.3) is 5.56 Å². The second-order valence-corrected chi connectivity index (χ2v) is 9.97. The molecule has 9 heteroatoms. The van der Waals surface area contributed by atoms with E-state index in [1.165, 1.54) is 4.57 Å². The Morgan fingerprint density at radius 2 is 1.63 bits per heavy atom. The SMILES string of the molecule is CCCn1c(=O)c2c(nc(N3CCNCC3)n2Cc2ccccc2I)n(Cc2ccccc2)c1=O. The van der Waals surface area contributed by atoms with Crippen LogP contribution in [0.15, 0.2) is 64.2 Å². The van der Waals surface area contributed by atoms with E-state index >= 15 is 0 Å². The number of hydrogen-bond acceptors (Lipinski definition) is 5. The highest BCUT2D eigenvalue weighted by atomic mass is 127. The number of halogens is 1. The van der Waals surface area contributed by atoms with Crippen LogP contribution >= 0.6 is 22.6 Å². The maximum atomic E-state index is 13.8. The van der Waals surface area contributed by atoms with Crippen molar-refractivity contribution in [2.75, 3.05) is 31.1 Å². The van der Waals surface area contributed by atoms with E-state index in [-0.39, 0.29) is 11.2 Å². The average molecular weight is 584 g/mol. The van der Waals surface area contributed by atoms with Crippen LogP contribution in [0, 0.1) is 3.57 Å². The summed E-state index contributed by atoms with van der Waals surface area (Å²) < 4.78 is 6.19. The fraction of sp³-hybridized carbons (Fsp3) is 0.346. The molecule has 3 heterocycles. The van der Waals surface area contributed by atoms with Crippen LogP contribution < -0.4 is 21.5 Å².